The van der Waals surface area contributed by atoms with E-state index in [1.807, 2.05) is 0 Å². The summed E-state index contributed by atoms with van der Waals surface area (Å²) in [5, 5.41) is 2.37. The summed E-state index contributed by atoms with van der Waals surface area (Å²) in [6.07, 6.45) is -0.769. The third-order valence-electron chi connectivity index (χ3n) is 3.39. The smallest absolute Gasteiger partial charge is 0.471 e. The lowest BCUT2D eigenvalue weighted by Gasteiger charge is -2.24. The Kier molecular flexibility index (Phi) is 3.48. The quantitative estimate of drug-likeness (QED) is 0.850. The highest BCUT2D eigenvalue weighted by molar-refractivity contribution is 7.13. The molecule has 1 amide bonds. The van der Waals surface area contributed by atoms with Crippen molar-refractivity contribution in [1.29, 1.82) is 0 Å². The third-order valence-corrected chi connectivity index (χ3v) is 4.30. The first-order valence-corrected chi connectivity index (χ1v) is 7.20. The molecule has 0 spiro atoms. The number of amides is 1. The Morgan fingerprint density at radius 3 is 2.95 bits per heavy atom. The van der Waals surface area contributed by atoms with Gasteiger partial charge in [-0.3, -0.25) is 4.79 Å². The van der Waals surface area contributed by atoms with E-state index in [9.17, 15) is 18.0 Å². The van der Waals surface area contributed by atoms with Gasteiger partial charge in [0.15, 0.2) is 0 Å². The van der Waals surface area contributed by atoms with Crippen LogP contribution in [-0.2, 0) is 4.79 Å². The molecule has 0 aromatic carbocycles. The average Bonchev–Trinajstić information content (AvgIpc) is 3.16. The minimum absolute atomic E-state index is 0.113. The van der Waals surface area contributed by atoms with E-state index in [2.05, 4.69) is 4.98 Å². The predicted octanol–water partition coefficient (Wildman–Crippen LogP) is 3.63. The van der Waals surface area contributed by atoms with Crippen LogP contribution in [-0.4, -0.2) is 28.5 Å². The van der Waals surface area contributed by atoms with Crippen LogP contribution in [0.25, 0.3) is 10.6 Å². The molecule has 1 atom stereocenters. The lowest BCUT2D eigenvalue weighted by Crippen LogP contribution is -2.40. The van der Waals surface area contributed by atoms with Crippen LogP contribution in [0.2, 0.25) is 0 Å². The van der Waals surface area contributed by atoms with Crippen molar-refractivity contribution >= 4 is 17.2 Å². The van der Waals surface area contributed by atoms with E-state index < -0.39 is 18.1 Å². The molecule has 1 aliphatic rings. The van der Waals surface area contributed by atoms with Crippen molar-refractivity contribution in [3.05, 3.63) is 29.7 Å². The highest BCUT2D eigenvalue weighted by Gasteiger charge is 2.46. The zero-order chi connectivity index (χ0) is 15.0. The van der Waals surface area contributed by atoms with Crippen LogP contribution in [0.1, 0.15) is 24.6 Å². The Labute approximate surface area is 122 Å². The van der Waals surface area contributed by atoms with Gasteiger partial charge in [-0.15, -0.1) is 11.3 Å². The van der Waals surface area contributed by atoms with Gasteiger partial charge in [0.1, 0.15) is 11.3 Å². The zero-order valence-corrected chi connectivity index (χ0v) is 11.6. The Hall–Kier alpha value is -1.83. The van der Waals surface area contributed by atoms with Crippen molar-refractivity contribution in [2.75, 3.05) is 6.54 Å². The van der Waals surface area contributed by atoms with Crippen molar-refractivity contribution in [2.24, 2.45) is 0 Å². The summed E-state index contributed by atoms with van der Waals surface area (Å²) in [6.45, 7) is 0.113. The van der Waals surface area contributed by atoms with Gasteiger partial charge in [-0.2, -0.15) is 13.2 Å². The second-order valence-corrected chi connectivity index (χ2v) is 5.60. The molecule has 1 fully saturated rings. The minimum atomic E-state index is -4.84. The molecule has 0 aliphatic carbocycles. The van der Waals surface area contributed by atoms with Crippen molar-refractivity contribution in [3.8, 4) is 10.6 Å². The minimum Gasteiger partial charge on any atom is -0.472 e. The van der Waals surface area contributed by atoms with E-state index in [1.54, 1.807) is 11.4 Å². The zero-order valence-electron chi connectivity index (χ0n) is 10.8. The number of alkyl halides is 3. The largest absolute Gasteiger partial charge is 0.472 e. The molecule has 1 aliphatic heterocycles. The van der Waals surface area contributed by atoms with Gasteiger partial charge in [0, 0.05) is 17.5 Å². The summed E-state index contributed by atoms with van der Waals surface area (Å²) in [5.41, 5.74) is 1.28. The molecule has 0 radical (unpaired) electrons. The first-order valence-electron chi connectivity index (χ1n) is 6.32. The number of likely N-dealkylation sites (tertiary alicyclic amines) is 1. The van der Waals surface area contributed by atoms with Gasteiger partial charge in [0.2, 0.25) is 0 Å². The van der Waals surface area contributed by atoms with Crippen molar-refractivity contribution < 1.29 is 22.4 Å². The fourth-order valence-corrected chi connectivity index (χ4v) is 3.29. The Morgan fingerprint density at radius 1 is 1.48 bits per heavy atom. The van der Waals surface area contributed by atoms with Gasteiger partial charge in [-0.25, -0.2) is 4.98 Å². The maximum Gasteiger partial charge on any atom is 0.471 e. The summed E-state index contributed by atoms with van der Waals surface area (Å²) in [4.78, 5) is 16.7. The number of carbonyl (C=O) groups is 1. The standard InChI is InChI=1S/C13H11F3N2O2S/c14-13(15,16)12(19)18-4-1-2-10(18)9-7-21-11(17-9)8-3-5-20-6-8/h3,5-7,10H,1-2,4H2/t10-/m0/s1. The number of carbonyl (C=O) groups excluding carboxylic acids is 1. The van der Waals surface area contributed by atoms with Crippen LogP contribution in [0.4, 0.5) is 13.2 Å². The molecule has 0 bridgehead atoms. The van der Waals surface area contributed by atoms with Gasteiger partial charge in [-0.05, 0) is 18.9 Å². The summed E-state index contributed by atoms with van der Waals surface area (Å²) < 4.78 is 42.8. The lowest BCUT2D eigenvalue weighted by molar-refractivity contribution is -0.186. The topological polar surface area (TPSA) is 46.3 Å². The average molecular weight is 316 g/mol. The van der Waals surface area contributed by atoms with Crippen LogP contribution in [0.3, 0.4) is 0 Å². The second kappa shape index (κ2) is 5.18. The number of furan rings is 1. The van der Waals surface area contributed by atoms with Crippen LogP contribution < -0.4 is 0 Å². The van der Waals surface area contributed by atoms with Crippen LogP contribution in [0.5, 0.6) is 0 Å². The number of rotatable bonds is 2. The lowest BCUT2D eigenvalue weighted by atomic mass is 10.1. The van der Waals surface area contributed by atoms with Crippen LogP contribution in [0, 0.1) is 0 Å². The molecule has 0 unspecified atom stereocenters. The predicted molar refractivity (Wildman–Crippen MR) is 69.6 cm³/mol. The van der Waals surface area contributed by atoms with Crippen molar-refractivity contribution in [3.63, 3.8) is 0 Å². The molecular formula is C13H11F3N2O2S. The molecule has 3 heterocycles. The molecule has 1 saturated heterocycles. The van der Waals surface area contributed by atoms with Crippen LogP contribution >= 0.6 is 11.3 Å². The van der Waals surface area contributed by atoms with Gasteiger partial charge in [0.05, 0.1) is 18.0 Å². The fourth-order valence-electron chi connectivity index (χ4n) is 2.44. The highest BCUT2D eigenvalue weighted by Crippen LogP contribution is 2.37. The molecule has 3 rings (SSSR count). The number of hydrogen-bond donors (Lipinski definition) is 0. The molecule has 2 aromatic heterocycles. The molecule has 8 heteroatoms. The number of aromatic nitrogens is 1. The Morgan fingerprint density at radius 2 is 2.29 bits per heavy atom. The number of thiazole rings is 1. The normalized spacial score (nSPS) is 19.2. The molecule has 0 saturated carbocycles. The number of halogens is 3. The number of nitrogens with zero attached hydrogens (tertiary/aromatic N) is 2. The van der Waals surface area contributed by atoms with E-state index in [0.29, 0.717) is 23.5 Å². The van der Waals surface area contributed by atoms with Crippen LogP contribution in [0.15, 0.2) is 28.4 Å². The highest BCUT2D eigenvalue weighted by atomic mass is 32.1. The summed E-state index contributed by atoms with van der Waals surface area (Å²) in [7, 11) is 0. The van der Waals surface area contributed by atoms with Gasteiger partial charge in [0.25, 0.3) is 0 Å². The SMILES string of the molecule is O=C(N1CCC[C@H]1c1csc(-c2ccoc2)n1)C(F)(F)F. The summed E-state index contributed by atoms with van der Waals surface area (Å²) in [5.74, 6) is -1.79. The fraction of sp³-hybridized carbons (Fsp3) is 0.385. The Balaban J connectivity index is 1.84. The van der Waals surface area contributed by atoms with Gasteiger partial charge in [-0.1, -0.05) is 0 Å². The first kappa shape index (κ1) is 14.1. The van der Waals surface area contributed by atoms with E-state index >= 15 is 0 Å². The van der Waals surface area contributed by atoms with E-state index in [4.69, 9.17) is 4.42 Å². The summed E-state index contributed by atoms with van der Waals surface area (Å²) >= 11 is 1.33. The molecule has 112 valence electrons. The molecular weight excluding hydrogens is 305 g/mol. The van der Waals surface area contributed by atoms with Crippen molar-refractivity contribution in [2.45, 2.75) is 25.1 Å². The maximum atomic E-state index is 12.6. The molecule has 21 heavy (non-hydrogen) atoms. The summed E-state index contributed by atoms with van der Waals surface area (Å²) in [6, 6.07) is 1.13. The third kappa shape index (κ3) is 2.67. The van der Waals surface area contributed by atoms with Crippen molar-refractivity contribution in [1.82, 2.24) is 9.88 Å². The number of hydrogen-bond acceptors (Lipinski definition) is 4. The first-order chi connectivity index (χ1) is 9.97. The molecule has 0 N–H and O–H groups in total. The van der Waals surface area contributed by atoms with Gasteiger partial charge >= 0.3 is 12.1 Å². The van der Waals surface area contributed by atoms with E-state index in [-0.39, 0.29) is 6.54 Å². The molecule has 4 nitrogen and oxygen atoms in total. The van der Waals surface area contributed by atoms with E-state index in [0.717, 1.165) is 10.5 Å². The maximum absolute atomic E-state index is 12.6. The van der Waals surface area contributed by atoms with E-state index in [1.165, 1.54) is 23.9 Å². The molecule has 2 aromatic rings. The second-order valence-electron chi connectivity index (χ2n) is 4.74. The monoisotopic (exact) mass is 316 g/mol. The Bertz CT molecular complexity index is 636. The van der Waals surface area contributed by atoms with Gasteiger partial charge < -0.3 is 9.32 Å².